The van der Waals surface area contributed by atoms with Crippen molar-refractivity contribution < 1.29 is 9.47 Å². The molecular weight excluding hydrogens is 212 g/mol. The summed E-state index contributed by atoms with van der Waals surface area (Å²) >= 11 is 0. The number of hydrogen-bond acceptors (Lipinski definition) is 2. The van der Waals surface area contributed by atoms with Gasteiger partial charge in [-0.1, -0.05) is 13.3 Å². The van der Waals surface area contributed by atoms with Gasteiger partial charge in [0, 0.05) is 5.41 Å². The number of ether oxygens (including phenoxy) is 2. The maximum absolute atomic E-state index is 6.24. The van der Waals surface area contributed by atoms with Crippen LogP contribution in [0.1, 0.15) is 45.4 Å². The first-order valence-electron chi connectivity index (χ1n) is 7.64. The number of epoxide rings is 1. The summed E-state index contributed by atoms with van der Waals surface area (Å²) in [4.78, 5) is 0. The van der Waals surface area contributed by atoms with Crippen LogP contribution in [0, 0.1) is 29.1 Å². The Morgan fingerprint density at radius 2 is 2.12 bits per heavy atom. The Labute approximate surface area is 103 Å². The van der Waals surface area contributed by atoms with Gasteiger partial charge in [0.2, 0.25) is 0 Å². The van der Waals surface area contributed by atoms with Crippen LogP contribution in [0.15, 0.2) is 0 Å². The van der Waals surface area contributed by atoms with Gasteiger partial charge in [0.15, 0.2) is 6.29 Å². The monoisotopic (exact) mass is 234 g/mol. The van der Waals surface area contributed by atoms with E-state index in [1.165, 1.54) is 38.5 Å². The minimum Gasteiger partial charge on any atom is -0.346 e. The van der Waals surface area contributed by atoms with Crippen LogP contribution in [0.4, 0.5) is 0 Å². The van der Waals surface area contributed by atoms with E-state index in [1.54, 1.807) is 0 Å². The molecule has 0 aromatic heterocycles. The van der Waals surface area contributed by atoms with E-state index in [0.29, 0.717) is 17.6 Å². The molecule has 2 saturated heterocycles. The fraction of sp³-hybridized carbons (Fsp3) is 1.00. The lowest BCUT2D eigenvalue weighted by atomic mass is 9.62. The van der Waals surface area contributed by atoms with Gasteiger partial charge in [0.05, 0.1) is 6.10 Å². The van der Waals surface area contributed by atoms with Crippen molar-refractivity contribution in [3.05, 3.63) is 0 Å². The van der Waals surface area contributed by atoms with Gasteiger partial charge in [-0.25, -0.2) is 0 Å². The van der Waals surface area contributed by atoms with Crippen molar-refractivity contribution in [3.63, 3.8) is 0 Å². The predicted octanol–water partition coefficient (Wildman–Crippen LogP) is 2.96. The van der Waals surface area contributed by atoms with Crippen LogP contribution in [0.3, 0.4) is 0 Å². The van der Waals surface area contributed by atoms with Crippen molar-refractivity contribution in [2.75, 3.05) is 0 Å². The number of rotatable bonds is 2. The Hall–Kier alpha value is -0.0800. The van der Waals surface area contributed by atoms with Crippen LogP contribution in [-0.2, 0) is 9.47 Å². The molecule has 2 aliphatic heterocycles. The molecule has 0 radical (unpaired) electrons. The highest BCUT2D eigenvalue weighted by molar-refractivity contribution is 5.19. The molecule has 17 heavy (non-hydrogen) atoms. The Morgan fingerprint density at radius 1 is 1.18 bits per heavy atom. The smallest absolute Gasteiger partial charge is 0.185 e. The summed E-state index contributed by atoms with van der Waals surface area (Å²) in [5, 5.41) is 0. The molecule has 8 unspecified atom stereocenters. The number of fused-ring (bicyclic) bond motifs is 4. The third-order valence-electron chi connectivity index (χ3n) is 6.71. The van der Waals surface area contributed by atoms with Crippen LogP contribution in [0.25, 0.3) is 0 Å². The van der Waals surface area contributed by atoms with Crippen LogP contribution < -0.4 is 0 Å². The summed E-state index contributed by atoms with van der Waals surface area (Å²) in [5.74, 6) is 3.82. The van der Waals surface area contributed by atoms with E-state index in [-0.39, 0.29) is 6.29 Å². The van der Waals surface area contributed by atoms with Crippen molar-refractivity contribution in [3.8, 4) is 0 Å². The highest BCUT2D eigenvalue weighted by Gasteiger charge is 2.73. The van der Waals surface area contributed by atoms with Gasteiger partial charge in [-0.05, 0) is 55.8 Å². The second-order valence-corrected chi connectivity index (χ2v) is 7.25. The maximum atomic E-state index is 6.24. The van der Waals surface area contributed by atoms with Crippen molar-refractivity contribution in [2.24, 2.45) is 29.1 Å². The zero-order valence-corrected chi connectivity index (χ0v) is 10.6. The second-order valence-electron chi connectivity index (χ2n) is 7.25. The summed E-state index contributed by atoms with van der Waals surface area (Å²) in [7, 11) is 0. The summed E-state index contributed by atoms with van der Waals surface area (Å²) < 4.78 is 12.0. The van der Waals surface area contributed by atoms with Gasteiger partial charge in [0.25, 0.3) is 0 Å². The summed E-state index contributed by atoms with van der Waals surface area (Å²) in [6.07, 6.45) is 9.82. The first-order chi connectivity index (χ1) is 8.33. The molecule has 5 rings (SSSR count). The van der Waals surface area contributed by atoms with E-state index in [1.807, 2.05) is 0 Å². The molecule has 5 aliphatic rings. The molecule has 0 aromatic carbocycles. The molecule has 3 saturated carbocycles. The van der Waals surface area contributed by atoms with Gasteiger partial charge in [0.1, 0.15) is 6.10 Å². The molecule has 2 nitrogen and oxygen atoms in total. The molecule has 3 bridgehead atoms. The average Bonchev–Trinajstić information content (AvgIpc) is 2.96. The van der Waals surface area contributed by atoms with E-state index >= 15 is 0 Å². The lowest BCUT2D eigenvalue weighted by Crippen LogP contribution is -2.47. The molecule has 0 N–H and O–H groups in total. The standard InChI is InChI=1S/C15H22O2/c1-2-3-10-9-4-8-5-11-13-14(17-13)16-12(6-9)15(10,11)7-8/h8-14H,2-7H2,1H3. The van der Waals surface area contributed by atoms with Crippen molar-refractivity contribution >= 4 is 0 Å². The van der Waals surface area contributed by atoms with E-state index < -0.39 is 0 Å². The SMILES string of the molecule is CCCC1C2CC3CC4C5OC5OC(C2)C14C3. The quantitative estimate of drug-likeness (QED) is 0.685. The van der Waals surface area contributed by atoms with Gasteiger partial charge < -0.3 is 9.47 Å². The first kappa shape index (κ1) is 9.80. The molecule has 2 heteroatoms. The number of hydrogen-bond donors (Lipinski definition) is 0. The van der Waals surface area contributed by atoms with Gasteiger partial charge >= 0.3 is 0 Å². The fourth-order valence-corrected chi connectivity index (χ4v) is 6.42. The average molecular weight is 234 g/mol. The lowest BCUT2D eigenvalue weighted by Gasteiger charge is -2.45. The molecule has 2 heterocycles. The van der Waals surface area contributed by atoms with Crippen molar-refractivity contribution in [1.29, 1.82) is 0 Å². The normalized spacial score (nSPS) is 65.8. The molecule has 3 aliphatic carbocycles. The fourth-order valence-electron chi connectivity index (χ4n) is 6.42. The van der Waals surface area contributed by atoms with E-state index in [0.717, 1.165) is 23.7 Å². The van der Waals surface area contributed by atoms with Crippen LogP contribution in [0.5, 0.6) is 0 Å². The van der Waals surface area contributed by atoms with Crippen LogP contribution in [0.2, 0.25) is 0 Å². The molecular formula is C15H22O2. The minimum atomic E-state index is 0.205. The van der Waals surface area contributed by atoms with Crippen LogP contribution in [-0.4, -0.2) is 18.5 Å². The molecule has 0 amide bonds. The predicted molar refractivity (Wildman–Crippen MR) is 63.3 cm³/mol. The third-order valence-corrected chi connectivity index (χ3v) is 6.71. The molecule has 8 atom stereocenters. The highest BCUT2D eigenvalue weighted by atomic mass is 16.8. The largest absolute Gasteiger partial charge is 0.346 e. The Bertz CT molecular complexity index is 368. The van der Waals surface area contributed by atoms with Crippen molar-refractivity contribution in [2.45, 2.75) is 63.9 Å². The third kappa shape index (κ3) is 0.986. The highest BCUT2D eigenvalue weighted by Crippen LogP contribution is 2.73. The lowest BCUT2D eigenvalue weighted by molar-refractivity contribution is -0.111. The van der Waals surface area contributed by atoms with E-state index in [4.69, 9.17) is 9.47 Å². The summed E-state index contributed by atoms with van der Waals surface area (Å²) in [6, 6.07) is 0. The van der Waals surface area contributed by atoms with Gasteiger partial charge in [-0.3, -0.25) is 0 Å². The van der Waals surface area contributed by atoms with Gasteiger partial charge in [-0.15, -0.1) is 0 Å². The molecule has 0 aromatic rings. The topological polar surface area (TPSA) is 21.8 Å². The first-order valence-corrected chi connectivity index (χ1v) is 7.64. The summed E-state index contributed by atoms with van der Waals surface area (Å²) in [6.45, 7) is 2.35. The van der Waals surface area contributed by atoms with Crippen molar-refractivity contribution in [1.82, 2.24) is 0 Å². The zero-order chi connectivity index (χ0) is 11.2. The van der Waals surface area contributed by atoms with E-state index in [2.05, 4.69) is 6.92 Å². The minimum absolute atomic E-state index is 0.205. The molecule has 1 spiro atoms. The Morgan fingerprint density at radius 3 is 3.00 bits per heavy atom. The second kappa shape index (κ2) is 2.91. The van der Waals surface area contributed by atoms with Crippen LogP contribution >= 0.6 is 0 Å². The Balaban J connectivity index is 1.62. The van der Waals surface area contributed by atoms with Gasteiger partial charge in [-0.2, -0.15) is 0 Å². The molecule has 94 valence electrons. The van der Waals surface area contributed by atoms with E-state index in [9.17, 15) is 0 Å². The Kier molecular flexibility index (Phi) is 1.68. The molecule has 5 fully saturated rings. The maximum Gasteiger partial charge on any atom is 0.185 e. The summed E-state index contributed by atoms with van der Waals surface area (Å²) in [5.41, 5.74) is 0.557. The zero-order valence-electron chi connectivity index (χ0n) is 10.6.